The number of hydrogen-bond donors (Lipinski definition) is 0. The lowest BCUT2D eigenvalue weighted by atomic mass is 9.99. The van der Waals surface area contributed by atoms with Crippen molar-refractivity contribution in [2.45, 2.75) is 33.3 Å². The van der Waals surface area contributed by atoms with E-state index in [4.69, 9.17) is 9.47 Å². The van der Waals surface area contributed by atoms with Gasteiger partial charge in [0.15, 0.2) is 0 Å². The molecule has 0 saturated heterocycles. The lowest BCUT2D eigenvalue weighted by molar-refractivity contribution is -0.153. The van der Waals surface area contributed by atoms with E-state index in [2.05, 4.69) is 15.9 Å². The number of ether oxygens (including phenoxy) is 2. The Hall–Kier alpha value is -2.14. The van der Waals surface area contributed by atoms with Crippen LogP contribution in [0.25, 0.3) is 0 Å². The Labute approximate surface area is 162 Å². The van der Waals surface area contributed by atoms with E-state index in [1.165, 1.54) is 6.92 Å². The van der Waals surface area contributed by atoms with Gasteiger partial charge >= 0.3 is 5.97 Å². The molecule has 0 saturated carbocycles. The van der Waals surface area contributed by atoms with Gasteiger partial charge in [0.25, 0.3) is 0 Å². The molecule has 0 bridgehead atoms. The average molecular weight is 419 g/mol. The van der Waals surface area contributed by atoms with Gasteiger partial charge in [-0.25, -0.2) is 0 Å². The summed E-state index contributed by atoms with van der Waals surface area (Å²) in [6.45, 7) is 4.03. The van der Waals surface area contributed by atoms with Gasteiger partial charge in [-0.15, -0.1) is 0 Å². The first-order valence-electron chi connectivity index (χ1n) is 8.57. The molecule has 0 fully saturated rings. The summed E-state index contributed by atoms with van der Waals surface area (Å²) in [5.74, 6) is -0.650. The van der Waals surface area contributed by atoms with Gasteiger partial charge < -0.3 is 9.47 Å². The van der Waals surface area contributed by atoms with Crippen molar-refractivity contribution in [2.24, 2.45) is 5.92 Å². The molecule has 0 spiro atoms. The third-order valence-corrected chi connectivity index (χ3v) is 4.60. The first-order valence-corrected chi connectivity index (χ1v) is 9.36. The Morgan fingerprint density at radius 3 is 2.50 bits per heavy atom. The standard InChI is InChI=1S/C21H23BrO4/c1-15-10-11-20(19(22)13-15)25-12-6-9-18(16(2)23)21(24)26-14-17-7-4-3-5-8-17/h3-5,7-8,10-11,13,18H,6,9,12,14H2,1-2H3. The van der Waals surface area contributed by atoms with E-state index in [-0.39, 0.29) is 12.4 Å². The fraction of sp³-hybridized carbons (Fsp3) is 0.333. The van der Waals surface area contributed by atoms with E-state index in [1.54, 1.807) is 0 Å². The van der Waals surface area contributed by atoms with Crippen LogP contribution in [0.2, 0.25) is 0 Å². The molecule has 2 aromatic rings. The molecule has 0 aliphatic heterocycles. The van der Waals surface area contributed by atoms with E-state index in [9.17, 15) is 9.59 Å². The Morgan fingerprint density at radius 1 is 1.12 bits per heavy atom. The minimum Gasteiger partial charge on any atom is -0.492 e. The Balaban J connectivity index is 1.80. The SMILES string of the molecule is CC(=O)C(CCCOc1ccc(C)cc1Br)C(=O)OCc1ccccc1. The van der Waals surface area contributed by atoms with Crippen LogP contribution in [0.15, 0.2) is 53.0 Å². The average Bonchev–Trinajstić information content (AvgIpc) is 2.61. The zero-order chi connectivity index (χ0) is 18.9. The molecule has 0 amide bonds. The number of halogens is 1. The monoisotopic (exact) mass is 418 g/mol. The van der Waals surface area contributed by atoms with E-state index in [0.29, 0.717) is 19.4 Å². The highest BCUT2D eigenvalue weighted by Crippen LogP contribution is 2.26. The third kappa shape index (κ3) is 6.30. The molecule has 0 heterocycles. The largest absolute Gasteiger partial charge is 0.492 e. The van der Waals surface area contributed by atoms with Crippen LogP contribution in [0.3, 0.4) is 0 Å². The molecule has 0 N–H and O–H groups in total. The van der Waals surface area contributed by atoms with Crippen LogP contribution in [0.5, 0.6) is 5.75 Å². The lowest BCUT2D eigenvalue weighted by Gasteiger charge is -2.14. The second-order valence-electron chi connectivity index (χ2n) is 6.18. The van der Waals surface area contributed by atoms with Crippen molar-refractivity contribution < 1.29 is 19.1 Å². The van der Waals surface area contributed by atoms with E-state index in [1.807, 2.05) is 55.5 Å². The molecule has 0 radical (unpaired) electrons. The smallest absolute Gasteiger partial charge is 0.316 e. The van der Waals surface area contributed by atoms with Crippen molar-refractivity contribution in [2.75, 3.05) is 6.61 Å². The zero-order valence-electron chi connectivity index (χ0n) is 15.0. The second kappa shape index (κ2) is 10.1. The van der Waals surface area contributed by atoms with E-state index in [0.717, 1.165) is 21.3 Å². The summed E-state index contributed by atoms with van der Waals surface area (Å²) in [5, 5.41) is 0. The zero-order valence-corrected chi connectivity index (χ0v) is 16.6. The Kier molecular flexibility index (Phi) is 7.85. The van der Waals surface area contributed by atoms with Crippen LogP contribution < -0.4 is 4.74 Å². The van der Waals surface area contributed by atoms with Crippen molar-refractivity contribution in [3.8, 4) is 5.75 Å². The molecule has 4 nitrogen and oxygen atoms in total. The number of carbonyl (C=O) groups excluding carboxylic acids is 2. The molecule has 1 unspecified atom stereocenters. The van der Waals surface area contributed by atoms with Crippen molar-refractivity contribution in [3.63, 3.8) is 0 Å². The van der Waals surface area contributed by atoms with Crippen LogP contribution >= 0.6 is 15.9 Å². The molecule has 5 heteroatoms. The van der Waals surface area contributed by atoms with E-state index >= 15 is 0 Å². The topological polar surface area (TPSA) is 52.6 Å². The molecular weight excluding hydrogens is 396 g/mol. The molecule has 1 atom stereocenters. The highest BCUT2D eigenvalue weighted by molar-refractivity contribution is 9.10. The summed E-state index contributed by atoms with van der Waals surface area (Å²) in [7, 11) is 0. The first-order chi connectivity index (χ1) is 12.5. The summed E-state index contributed by atoms with van der Waals surface area (Å²) in [6, 6.07) is 15.3. The number of Topliss-reactive ketones (excluding diaryl/α,β-unsaturated/α-hetero) is 1. The van der Waals surface area contributed by atoms with Gasteiger partial charge in [0.1, 0.15) is 24.1 Å². The van der Waals surface area contributed by atoms with Crippen molar-refractivity contribution >= 4 is 27.7 Å². The summed E-state index contributed by atoms with van der Waals surface area (Å²) in [4.78, 5) is 24.0. The number of ketones is 1. The molecule has 2 rings (SSSR count). The summed E-state index contributed by atoms with van der Waals surface area (Å²) >= 11 is 3.46. The molecule has 2 aromatic carbocycles. The highest BCUT2D eigenvalue weighted by atomic mass is 79.9. The third-order valence-electron chi connectivity index (χ3n) is 3.98. The number of carbonyl (C=O) groups is 2. The van der Waals surface area contributed by atoms with Gasteiger partial charge in [-0.3, -0.25) is 9.59 Å². The minimum atomic E-state index is -0.747. The van der Waals surface area contributed by atoms with Gasteiger partial charge in [-0.05, 0) is 65.9 Å². The molecule has 0 aromatic heterocycles. The fourth-order valence-corrected chi connectivity index (χ4v) is 3.12. The predicted octanol–water partition coefficient (Wildman–Crippen LogP) is 4.87. The van der Waals surface area contributed by atoms with Gasteiger partial charge in [0.2, 0.25) is 0 Å². The molecule has 26 heavy (non-hydrogen) atoms. The van der Waals surface area contributed by atoms with Crippen LogP contribution in [0.4, 0.5) is 0 Å². The Bertz CT molecular complexity index is 743. The van der Waals surface area contributed by atoms with Gasteiger partial charge in [-0.2, -0.15) is 0 Å². The van der Waals surface area contributed by atoms with Crippen LogP contribution in [-0.4, -0.2) is 18.4 Å². The molecular formula is C21H23BrO4. The number of hydrogen-bond acceptors (Lipinski definition) is 4. The van der Waals surface area contributed by atoms with Crippen molar-refractivity contribution in [1.82, 2.24) is 0 Å². The van der Waals surface area contributed by atoms with E-state index < -0.39 is 11.9 Å². The number of aryl methyl sites for hydroxylation is 1. The number of benzene rings is 2. The normalized spacial score (nSPS) is 11.7. The number of esters is 1. The van der Waals surface area contributed by atoms with Gasteiger partial charge in [0.05, 0.1) is 11.1 Å². The van der Waals surface area contributed by atoms with Gasteiger partial charge in [-0.1, -0.05) is 36.4 Å². The van der Waals surface area contributed by atoms with Crippen LogP contribution in [0.1, 0.15) is 30.9 Å². The maximum atomic E-state index is 12.2. The summed E-state index contributed by atoms with van der Waals surface area (Å²) in [5.41, 5.74) is 2.04. The fourth-order valence-electron chi connectivity index (χ4n) is 2.51. The summed E-state index contributed by atoms with van der Waals surface area (Å²) in [6.07, 6.45) is 0.997. The first kappa shape index (κ1) is 20.2. The lowest BCUT2D eigenvalue weighted by Crippen LogP contribution is -2.24. The Morgan fingerprint density at radius 2 is 1.85 bits per heavy atom. The maximum absolute atomic E-state index is 12.2. The second-order valence-corrected chi connectivity index (χ2v) is 7.04. The highest BCUT2D eigenvalue weighted by Gasteiger charge is 2.24. The number of rotatable bonds is 9. The molecule has 0 aliphatic rings. The predicted molar refractivity (Wildman–Crippen MR) is 104 cm³/mol. The minimum absolute atomic E-state index is 0.177. The maximum Gasteiger partial charge on any atom is 0.316 e. The van der Waals surface area contributed by atoms with Gasteiger partial charge in [0, 0.05) is 0 Å². The van der Waals surface area contributed by atoms with Crippen molar-refractivity contribution in [1.29, 1.82) is 0 Å². The molecule has 138 valence electrons. The van der Waals surface area contributed by atoms with Crippen LogP contribution in [0, 0.1) is 12.8 Å². The van der Waals surface area contributed by atoms with Crippen LogP contribution in [-0.2, 0) is 20.9 Å². The summed E-state index contributed by atoms with van der Waals surface area (Å²) < 4.78 is 11.9. The quantitative estimate of drug-likeness (QED) is 0.331. The molecule has 0 aliphatic carbocycles. The van der Waals surface area contributed by atoms with Crippen molar-refractivity contribution in [3.05, 3.63) is 64.1 Å².